The molecule has 1 aromatic rings. The molecule has 0 radical (unpaired) electrons. The molecular formula is C14H23N5O. The van der Waals surface area contributed by atoms with Crippen LogP contribution in [0.1, 0.15) is 43.6 Å². The number of likely N-dealkylation sites (tertiary alicyclic amines) is 1. The van der Waals surface area contributed by atoms with E-state index in [9.17, 15) is 4.79 Å². The van der Waals surface area contributed by atoms with Crippen LogP contribution < -0.4 is 5.32 Å². The number of aryl methyl sites for hydroxylation is 1. The average Bonchev–Trinajstić information content (AvgIpc) is 3.07. The molecule has 0 saturated carbocycles. The Labute approximate surface area is 119 Å². The first kappa shape index (κ1) is 13.5. The Morgan fingerprint density at radius 1 is 1.45 bits per heavy atom. The van der Waals surface area contributed by atoms with E-state index in [0.29, 0.717) is 17.7 Å². The summed E-state index contributed by atoms with van der Waals surface area (Å²) in [5.41, 5.74) is -0.128. The molecule has 2 aliphatic heterocycles. The molecule has 2 aliphatic rings. The van der Waals surface area contributed by atoms with Crippen molar-refractivity contribution in [2.75, 3.05) is 19.6 Å². The highest BCUT2D eigenvalue weighted by molar-refractivity contribution is 5.91. The van der Waals surface area contributed by atoms with Gasteiger partial charge in [0.25, 0.3) is 5.91 Å². The van der Waals surface area contributed by atoms with E-state index in [0.717, 1.165) is 38.3 Å². The van der Waals surface area contributed by atoms with Crippen LogP contribution in [-0.4, -0.2) is 51.2 Å². The normalized spacial score (nSPS) is 27.9. The number of carbonyl (C=O) groups excluding carboxylic acids is 1. The molecule has 20 heavy (non-hydrogen) atoms. The lowest BCUT2D eigenvalue weighted by atomic mass is 9.85. The minimum absolute atomic E-state index is 0.0389. The Morgan fingerprint density at radius 2 is 2.25 bits per heavy atom. The Kier molecular flexibility index (Phi) is 3.28. The van der Waals surface area contributed by atoms with E-state index in [1.807, 2.05) is 4.90 Å². The zero-order valence-electron chi connectivity index (χ0n) is 12.4. The number of hydrogen-bond acceptors (Lipinski definition) is 4. The van der Waals surface area contributed by atoms with E-state index >= 15 is 0 Å². The molecule has 0 aliphatic carbocycles. The van der Waals surface area contributed by atoms with E-state index < -0.39 is 0 Å². The Balaban J connectivity index is 1.80. The molecular weight excluding hydrogens is 254 g/mol. The summed E-state index contributed by atoms with van der Waals surface area (Å²) in [7, 11) is 0. The molecule has 110 valence electrons. The average molecular weight is 277 g/mol. The molecule has 2 unspecified atom stereocenters. The van der Waals surface area contributed by atoms with Gasteiger partial charge in [-0.15, -0.1) is 5.10 Å². The molecule has 2 saturated heterocycles. The first-order chi connectivity index (χ1) is 9.54. The van der Waals surface area contributed by atoms with Gasteiger partial charge < -0.3 is 10.2 Å². The monoisotopic (exact) mass is 277 g/mol. The van der Waals surface area contributed by atoms with Gasteiger partial charge in [-0.25, -0.2) is 4.98 Å². The molecule has 2 fully saturated rings. The molecule has 6 nitrogen and oxygen atoms in total. The van der Waals surface area contributed by atoms with Crippen LogP contribution in [0.3, 0.4) is 0 Å². The fourth-order valence-corrected chi connectivity index (χ4v) is 3.63. The van der Waals surface area contributed by atoms with Crippen LogP contribution in [0.4, 0.5) is 0 Å². The molecule has 2 N–H and O–H groups in total. The third-order valence-corrected chi connectivity index (χ3v) is 4.81. The predicted octanol–water partition coefficient (Wildman–Crippen LogP) is 0.827. The third-order valence-electron chi connectivity index (χ3n) is 4.81. The molecule has 2 atom stereocenters. The molecule has 0 bridgehead atoms. The van der Waals surface area contributed by atoms with Gasteiger partial charge >= 0.3 is 0 Å². The van der Waals surface area contributed by atoms with Gasteiger partial charge in [-0.05, 0) is 32.1 Å². The second kappa shape index (κ2) is 4.84. The number of hydrogen-bond donors (Lipinski definition) is 2. The maximum absolute atomic E-state index is 12.7. The van der Waals surface area contributed by atoms with Gasteiger partial charge in [0.2, 0.25) is 5.82 Å². The fourth-order valence-electron chi connectivity index (χ4n) is 3.63. The topological polar surface area (TPSA) is 73.9 Å². The first-order valence-corrected chi connectivity index (χ1v) is 7.48. The van der Waals surface area contributed by atoms with Gasteiger partial charge in [-0.2, -0.15) is 0 Å². The van der Waals surface area contributed by atoms with Crippen LogP contribution >= 0.6 is 0 Å². The highest BCUT2D eigenvalue weighted by Gasteiger charge is 2.51. The minimum Gasteiger partial charge on any atom is -0.330 e. The van der Waals surface area contributed by atoms with Gasteiger partial charge in [0.15, 0.2) is 0 Å². The molecule has 1 aromatic heterocycles. The lowest BCUT2D eigenvalue weighted by Crippen LogP contribution is -2.48. The van der Waals surface area contributed by atoms with Crippen molar-refractivity contribution >= 4 is 5.91 Å². The molecule has 0 spiro atoms. The van der Waals surface area contributed by atoms with Crippen LogP contribution in [0.5, 0.6) is 0 Å². The summed E-state index contributed by atoms with van der Waals surface area (Å²) in [4.78, 5) is 19.0. The van der Waals surface area contributed by atoms with E-state index in [-0.39, 0.29) is 11.4 Å². The van der Waals surface area contributed by atoms with E-state index in [4.69, 9.17) is 0 Å². The van der Waals surface area contributed by atoms with Crippen molar-refractivity contribution in [2.24, 2.45) is 11.8 Å². The molecule has 3 heterocycles. The predicted molar refractivity (Wildman–Crippen MR) is 75.3 cm³/mol. The van der Waals surface area contributed by atoms with Crippen molar-refractivity contribution in [3.05, 3.63) is 11.6 Å². The second-order valence-electron chi connectivity index (χ2n) is 6.45. The number of aromatic nitrogens is 3. The zero-order valence-corrected chi connectivity index (χ0v) is 12.4. The van der Waals surface area contributed by atoms with Crippen molar-refractivity contribution in [1.29, 1.82) is 0 Å². The van der Waals surface area contributed by atoms with Crippen LogP contribution in [0.25, 0.3) is 0 Å². The van der Waals surface area contributed by atoms with Crippen molar-refractivity contribution in [1.82, 2.24) is 25.4 Å². The number of nitrogens with zero attached hydrogens (tertiary/aromatic N) is 3. The van der Waals surface area contributed by atoms with Crippen molar-refractivity contribution in [2.45, 2.75) is 39.2 Å². The van der Waals surface area contributed by atoms with Crippen molar-refractivity contribution in [3.63, 3.8) is 0 Å². The summed E-state index contributed by atoms with van der Waals surface area (Å²) in [6, 6.07) is 0. The van der Waals surface area contributed by atoms with Gasteiger partial charge in [-0.3, -0.25) is 9.89 Å². The quantitative estimate of drug-likeness (QED) is 0.858. The second-order valence-corrected chi connectivity index (χ2v) is 6.45. The van der Waals surface area contributed by atoms with Crippen LogP contribution in [0.2, 0.25) is 0 Å². The van der Waals surface area contributed by atoms with Crippen molar-refractivity contribution in [3.8, 4) is 0 Å². The highest BCUT2D eigenvalue weighted by Crippen LogP contribution is 2.40. The summed E-state index contributed by atoms with van der Waals surface area (Å²) >= 11 is 0. The SMILES string of the molecule is CCCc1nc(C(=O)N2CC3CNCC3C2(C)C)n[nH]1. The molecule has 0 aromatic carbocycles. The summed E-state index contributed by atoms with van der Waals surface area (Å²) in [6.45, 7) is 9.21. The van der Waals surface area contributed by atoms with Gasteiger partial charge in [0, 0.05) is 31.6 Å². The largest absolute Gasteiger partial charge is 0.330 e. The van der Waals surface area contributed by atoms with E-state index in [1.165, 1.54) is 0 Å². The molecule has 6 heteroatoms. The lowest BCUT2D eigenvalue weighted by molar-refractivity contribution is 0.0591. The Bertz CT molecular complexity index is 509. The lowest BCUT2D eigenvalue weighted by Gasteiger charge is -2.34. The van der Waals surface area contributed by atoms with Crippen molar-refractivity contribution < 1.29 is 4.79 Å². The number of fused-ring (bicyclic) bond motifs is 1. The summed E-state index contributed by atoms with van der Waals surface area (Å²) < 4.78 is 0. The summed E-state index contributed by atoms with van der Waals surface area (Å²) in [5, 5.41) is 10.4. The highest BCUT2D eigenvalue weighted by atomic mass is 16.2. The van der Waals surface area contributed by atoms with Gasteiger partial charge in [-0.1, -0.05) is 6.92 Å². The maximum atomic E-state index is 12.7. The zero-order chi connectivity index (χ0) is 14.3. The number of rotatable bonds is 3. The molecule has 1 amide bonds. The smallest absolute Gasteiger partial charge is 0.293 e. The summed E-state index contributed by atoms with van der Waals surface area (Å²) in [6.07, 6.45) is 1.83. The van der Waals surface area contributed by atoms with Gasteiger partial charge in [0.1, 0.15) is 5.82 Å². The first-order valence-electron chi connectivity index (χ1n) is 7.48. The summed E-state index contributed by atoms with van der Waals surface area (Å²) in [5.74, 6) is 2.16. The van der Waals surface area contributed by atoms with Crippen LogP contribution in [0, 0.1) is 11.8 Å². The fraction of sp³-hybridized carbons (Fsp3) is 0.786. The number of H-pyrrole nitrogens is 1. The Hall–Kier alpha value is -1.43. The van der Waals surface area contributed by atoms with E-state index in [2.05, 4.69) is 41.3 Å². The number of aromatic amines is 1. The third kappa shape index (κ3) is 2.02. The molecule has 3 rings (SSSR count). The van der Waals surface area contributed by atoms with Gasteiger partial charge in [0.05, 0.1) is 0 Å². The van der Waals surface area contributed by atoms with Crippen LogP contribution in [-0.2, 0) is 6.42 Å². The number of carbonyl (C=O) groups is 1. The Morgan fingerprint density at radius 3 is 2.95 bits per heavy atom. The van der Waals surface area contributed by atoms with Crippen LogP contribution in [0.15, 0.2) is 0 Å². The maximum Gasteiger partial charge on any atom is 0.293 e. The number of nitrogens with one attached hydrogen (secondary N) is 2. The number of amides is 1. The standard InChI is InChI=1S/C14H23N5O/c1-4-5-11-16-12(18-17-11)13(20)19-8-9-6-15-7-10(9)14(19,2)3/h9-10,15H,4-8H2,1-3H3,(H,16,17,18). The minimum atomic E-state index is -0.128. The van der Waals surface area contributed by atoms with E-state index in [1.54, 1.807) is 0 Å².